The number of halogens is 2. The van der Waals surface area contributed by atoms with Crippen molar-refractivity contribution in [2.45, 2.75) is 11.3 Å². The van der Waals surface area contributed by atoms with Crippen LogP contribution in [0, 0.1) is 11.6 Å². The molecule has 0 spiro atoms. The minimum atomic E-state index is -4.20. The van der Waals surface area contributed by atoms with Crippen molar-refractivity contribution in [3.8, 4) is 5.75 Å². The number of hydrogen-bond donors (Lipinski definition) is 0. The number of carbonyl (C=O) groups excluding carboxylic acids is 1. The van der Waals surface area contributed by atoms with Crippen molar-refractivity contribution >= 4 is 26.9 Å². The SMILES string of the molecule is COc1ccc2c(CC(=O)N3CCN(S(=O)(=O)c4cc(F)ccc4F)CC3)coc2c1. The van der Waals surface area contributed by atoms with Gasteiger partial charge in [-0.2, -0.15) is 4.31 Å². The summed E-state index contributed by atoms with van der Waals surface area (Å²) in [7, 11) is -2.64. The Morgan fingerprint density at radius 1 is 1.10 bits per heavy atom. The van der Waals surface area contributed by atoms with Gasteiger partial charge in [0.15, 0.2) is 0 Å². The molecule has 10 heteroatoms. The van der Waals surface area contributed by atoms with E-state index in [9.17, 15) is 22.0 Å². The maximum atomic E-state index is 14.0. The quantitative estimate of drug-likeness (QED) is 0.597. The predicted octanol–water partition coefficient (Wildman–Crippen LogP) is 2.80. The van der Waals surface area contributed by atoms with Crippen LogP contribution in [-0.4, -0.2) is 56.8 Å². The van der Waals surface area contributed by atoms with E-state index in [0.29, 0.717) is 17.4 Å². The molecule has 3 aromatic rings. The summed E-state index contributed by atoms with van der Waals surface area (Å²) in [5.41, 5.74) is 1.33. The molecule has 1 saturated heterocycles. The second-order valence-corrected chi connectivity index (χ2v) is 9.07. The third-order valence-electron chi connectivity index (χ3n) is 5.31. The highest BCUT2D eigenvalue weighted by molar-refractivity contribution is 7.89. The van der Waals surface area contributed by atoms with Gasteiger partial charge in [0.2, 0.25) is 15.9 Å². The summed E-state index contributed by atoms with van der Waals surface area (Å²) in [6, 6.07) is 7.65. The van der Waals surface area contributed by atoms with E-state index >= 15 is 0 Å². The van der Waals surface area contributed by atoms with Gasteiger partial charge < -0.3 is 14.1 Å². The van der Waals surface area contributed by atoms with E-state index in [0.717, 1.165) is 27.4 Å². The number of methoxy groups -OCH3 is 1. The zero-order chi connectivity index (χ0) is 22.2. The number of nitrogens with zero attached hydrogens (tertiary/aromatic N) is 2. The van der Waals surface area contributed by atoms with Crippen LogP contribution >= 0.6 is 0 Å². The first-order valence-corrected chi connectivity index (χ1v) is 11.0. The molecule has 1 aliphatic rings. The molecule has 164 valence electrons. The molecule has 0 atom stereocenters. The first kappa shape index (κ1) is 21.3. The predicted molar refractivity (Wildman–Crippen MR) is 108 cm³/mol. The zero-order valence-electron chi connectivity index (χ0n) is 16.7. The lowest BCUT2D eigenvalue weighted by Gasteiger charge is -2.34. The van der Waals surface area contributed by atoms with Crippen molar-refractivity contribution in [1.29, 1.82) is 0 Å². The van der Waals surface area contributed by atoms with Gasteiger partial charge in [0.1, 0.15) is 27.9 Å². The summed E-state index contributed by atoms with van der Waals surface area (Å²) in [4.78, 5) is 13.6. The number of carbonyl (C=O) groups is 1. The molecule has 0 N–H and O–H groups in total. The molecule has 0 radical (unpaired) electrons. The third-order valence-corrected chi connectivity index (χ3v) is 7.22. The zero-order valence-corrected chi connectivity index (χ0v) is 17.5. The molecule has 0 aliphatic carbocycles. The maximum Gasteiger partial charge on any atom is 0.246 e. The molecule has 1 amide bonds. The van der Waals surface area contributed by atoms with Gasteiger partial charge in [0.25, 0.3) is 0 Å². The van der Waals surface area contributed by atoms with Crippen molar-refractivity contribution in [2.24, 2.45) is 0 Å². The molecule has 0 bridgehead atoms. The number of ether oxygens (including phenoxy) is 1. The number of benzene rings is 2. The number of sulfonamides is 1. The average Bonchev–Trinajstić information content (AvgIpc) is 3.17. The van der Waals surface area contributed by atoms with E-state index < -0.39 is 26.6 Å². The summed E-state index contributed by atoms with van der Waals surface area (Å²) >= 11 is 0. The molecule has 2 heterocycles. The van der Waals surface area contributed by atoms with Gasteiger partial charge in [0, 0.05) is 43.2 Å². The topological polar surface area (TPSA) is 80.1 Å². The Hall–Kier alpha value is -2.98. The molecule has 31 heavy (non-hydrogen) atoms. The highest BCUT2D eigenvalue weighted by Crippen LogP contribution is 2.27. The summed E-state index contributed by atoms with van der Waals surface area (Å²) in [6.45, 7) is 0.290. The number of piperazine rings is 1. The van der Waals surface area contributed by atoms with Crippen molar-refractivity contribution in [3.63, 3.8) is 0 Å². The van der Waals surface area contributed by atoms with Gasteiger partial charge in [-0.25, -0.2) is 17.2 Å². The highest BCUT2D eigenvalue weighted by Gasteiger charge is 2.32. The molecular weight excluding hydrogens is 430 g/mol. The second kappa shape index (κ2) is 8.27. The molecule has 1 aliphatic heterocycles. The van der Waals surface area contributed by atoms with Crippen LogP contribution in [0.25, 0.3) is 11.0 Å². The lowest BCUT2D eigenvalue weighted by Crippen LogP contribution is -2.51. The molecule has 0 saturated carbocycles. The van der Waals surface area contributed by atoms with Crippen molar-refractivity contribution < 1.29 is 31.1 Å². The first-order valence-electron chi connectivity index (χ1n) is 9.56. The fraction of sp³-hybridized carbons (Fsp3) is 0.286. The lowest BCUT2D eigenvalue weighted by atomic mass is 10.1. The van der Waals surface area contributed by atoms with Crippen LogP contribution in [-0.2, 0) is 21.2 Å². The van der Waals surface area contributed by atoms with Crippen LogP contribution in [0.2, 0.25) is 0 Å². The number of furan rings is 1. The van der Waals surface area contributed by atoms with E-state index in [4.69, 9.17) is 9.15 Å². The fourth-order valence-electron chi connectivity index (χ4n) is 3.59. The Morgan fingerprint density at radius 3 is 2.55 bits per heavy atom. The molecule has 0 unspecified atom stereocenters. The number of rotatable bonds is 5. The van der Waals surface area contributed by atoms with Gasteiger partial charge in [-0.3, -0.25) is 4.79 Å². The van der Waals surface area contributed by atoms with Crippen molar-refractivity contribution in [1.82, 2.24) is 9.21 Å². The van der Waals surface area contributed by atoms with Crippen LogP contribution in [0.3, 0.4) is 0 Å². The van der Waals surface area contributed by atoms with E-state index in [1.807, 2.05) is 6.07 Å². The Bertz CT molecular complexity index is 1230. The number of amides is 1. The minimum absolute atomic E-state index is 0.00659. The number of hydrogen-bond acceptors (Lipinski definition) is 5. The fourth-order valence-corrected chi connectivity index (χ4v) is 5.09. The summed E-state index contributed by atoms with van der Waals surface area (Å²) in [5.74, 6) is -1.37. The minimum Gasteiger partial charge on any atom is -0.497 e. The van der Waals surface area contributed by atoms with Gasteiger partial charge in [-0.15, -0.1) is 0 Å². The largest absolute Gasteiger partial charge is 0.497 e. The Morgan fingerprint density at radius 2 is 1.84 bits per heavy atom. The molecular formula is C21H20F2N2O5S. The normalized spacial score (nSPS) is 15.4. The van der Waals surface area contributed by atoms with Crippen LogP contribution < -0.4 is 4.74 Å². The molecule has 4 rings (SSSR count). The van der Waals surface area contributed by atoms with Gasteiger partial charge >= 0.3 is 0 Å². The highest BCUT2D eigenvalue weighted by atomic mass is 32.2. The Kier molecular flexibility index (Phi) is 5.67. The first-order chi connectivity index (χ1) is 14.8. The van der Waals surface area contributed by atoms with Gasteiger partial charge in [-0.1, -0.05) is 0 Å². The standard InChI is InChI=1S/C21H20F2N2O5S/c1-29-16-3-4-17-14(13-30-19(17)12-16)10-21(26)24-6-8-25(9-7-24)31(27,28)20-11-15(22)2-5-18(20)23/h2-5,11-13H,6-10H2,1H3. The Balaban J connectivity index is 1.43. The van der Waals surface area contributed by atoms with Crippen molar-refractivity contribution in [2.75, 3.05) is 33.3 Å². The van der Waals surface area contributed by atoms with Crippen LogP contribution in [0.1, 0.15) is 5.56 Å². The maximum absolute atomic E-state index is 14.0. The Labute approximate surface area is 177 Å². The van der Waals surface area contributed by atoms with E-state index in [2.05, 4.69) is 0 Å². The van der Waals surface area contributed by atoms with Crippen LogP contribution in [0.15, 0.2) is 52.0 Å². The molecule has 1 fully saturated rings. The third kappa shape index (κ3) is 4.13. The second-order valence-electron chi connectivity index (χ2n) is 7.16. The average molecular weight is 450 g/mol. The van der Waals surface area contributed by atoms with Crippen molar-refractivity contribution in [3.05, 3.63) is 59.9 Å². The van der Waals surface area contributed by atoms with E-state index in [1.165, 1.54) is 6.26 Å². The van der Waals surface area contributed by atoms with Crippen LogP contribution in [0.4, 0.5) is 8.78 Å². The van der Waals surface area contributed by atoms with Gasteiger partial charge in [0.05, 0.1) is 19.8 Å². The summed E-state index contributed by atoms with van der Waals surface area (Å²) in [5, 5.41) is 0.803. The number of fused-ring (bicyclic) bond motifs is 1. The summed E-state index contributed by atoms with van der Waals surface area (Å²) < 4.78 is 64.5. The molecule has 7 nitrogen and oxygen atoms in total. The van der Waals surface area contributed by atoms with E-state index in [1.54, 1.807) is 24.1 Å². The van der Waals surface area contributed by atoms with E-state index in [-0.39, 0.29) is 38.5 Å². The summed E-state index contributed by atoms with van der Waals surface area (Å²) in [6.07, 6.45) is 1.63. The molecule has 2 aromatic carbocycles. The monoisotopic (exact) mass is 450 g/mol. The molecule has 1 aromatic heterocycles. The van der Waals surface area contributed by atoms with Crippen LogP contribution in [0.5, 0.6) is 5.75 Å². The lowest BCUT2D eigenvalue weighted by molar-refractivity contribution is -0.131. The smallest absolute Gasteiger partial charge is 0.246 e. The van der Waals surface area contributed by atoms with Gasteiger partial charge in [-0.05, 0) is 30.3 Å².